The number of nitrogens with zero attached hydrogens (tertiary/aromatic N) is 3. The van der Waals surface area contributed by atoms with E-state index in [9.17, 15) is 13.5 Å². The molecule has 2 heterocycles. The Hall–Kier alpha value is -4.42. The van der Waals surface area contributed by atoms with Crippen LogP contribution in [0.2, 0.25) is 0 Å². The number of hydrogen-bond donors (Lipinski definition) is 2. The fraction of sp³-hybridized carbons (Fsp3) is 0.250. The maximum atomic E-state index is 13.5. The zero-order valence-corrected chi connectivity index (χ0v) is 23.3. The van der Waals surface area contributed by atoms with Crippen molar-refractivity contribution in [2.45, 2.75) is 24.8 Å². The molecule has 0 radical (unpaired) electrons. The number of aliphatic hydroxyl groups excluding tert-OH is 1. The van der Waals surface area contributed by atoms with Crippen molar-refractivity contribution >= 4 is 15.8 Å². The fourth-order valence-corrected chi connectivity index (χ4v) is 4.54. The maximum absolute atomic E-state index is 13.5. The Morgan fingerprint density at radius 2 is 1.73 bits per heavy atom. The summed E-state index contributed by atoms with van der Waals surface area (Å²) in [6.45, 7) is 3.51. The Morgan fingerprint density at radius 3 is 2.38 bits per heavy atom. The molecule has 2 aromatic carbocycles. The number of aromatic nitrogens is 3. The summed E-state index contributed by atoms with van der Waals surface area (Å²) >= 11 is 0. The highest BCUT2D eigenvalue weighted by molar-refractivity contribution is 7.92. The third-order valence-corrected chi connectivity index (χ3v) is 6.96. The topological polar surface area (TPSA) is 142 Å². The number of benzene rings is 2. The smallest absolute Gasteiger partial charge is 0.280 e. The van der Waals surface area contributed by atoms with E-state index < -0.39 is 10.0 Å². The average Bonchev–Trinajstić information content (AvgIpc) is 2.97. The molecule has 0 fully saturated rings. The van der Waals surface area contributed by atoms with Crippen LogP contribution in [0.5, 0.6) is 28.9 Å². The summed E-state index contributed by atoms with van der Waals surface area (Å²) in [6.07, 6.45) is 1.52. The molecular formula is C28H30N4O7S. The highest BCUT2D eigenvalue weighted by Crippen LogP contribution is 2.41. The second kappa shape index (κ2) is 12.6. The van der Waals surface area contributed by atoms with E-state index in [1.807, 2.05) is 13.8 Å². The minimum atomic E-state index is -4.23. The van der Waals surface area contributed by atoms with Gasteiger partial charge in [-0.05, 0) is 41.8 Å². The van der Waals surface area contributed by atoms with Crippen molar-refractivity contribution in [1.29, 1.82) is 0 Å². The van der Waals surface area contributed by atoms with Crippen molar-refractivity contribution in [3.63, 3.8) is 0 Å². The van der Waals surface area contributed by atoms with E-state index in [1.165, 1.54) is 26.5 Å². The molecule has 0 aliphatic rings. The predicted molar refractivity (Wildman–Crippen MR) is 149 cm³/mol. The molecule has 0 aliphatic heterocycles. The van der Waals surface area contributed by atoms with Crippen LogP contribution in [0, 0.1) is 0 Å². The van der Waals surface area contributed by atoms with Gasteiger partial charge in [-0.3, -0.25) is 4.72 Å². The normalized spacial score (nSPS) is 11.2. The predicted octanol–water partition coefficient (Wildman–Crippen LogP) is 4.64. The Morgan fingerprint density at radius 1 is 0.950 bits per heavy atom. The summed E-state index contributed by atoms with van der Waals surface area (Å²) in [5.74, 6) is 1.05. The molecule has 4 rings (SSSR count). The van der Waals surface area contributed by atoms with Gasteiger partial charge in [0.2, 0.25) is 5.75 Å². The first-order chi connectivity index (χ1) is 19.2. The van der Waals surface area contributed by atoms with E-state index in [1.54, 1.807) is 54.6 Å². The Balaban J connectivity index is 1.88. The van der Waals surface area contributed by atoms with Gasteiger partial charge in [0.25, 0.3) is 15.9 Å². The largest absolute Gasteiger partial charge is 0.497 e. The van der Waals surface area contributed by atoms with Crippen LogP contribution in [0.25, 0.3) is 11.4 Å². The molecule has 210 valence electrons. The van der Waals surface area contributed by atoms with Gasteiger partial charge in [0.15, 0.2) is 28.2 Å². The van der Waals surface area contributed by atoms with E-state index in [4.69, 9.17) is 18.9 Å². The molecule has 0 spiro atoms. The number of sulfonamides is 1. The molecule has 4 aromatic rings. The molecule has 0 bridgehead atoms. The Bertz CT molecular complexity index is 1560. The molecule has 0 saturated carbocycles. The number of pyridine rings is 1. The third kappa shape index (κ3) is 6.58. The van der Waals surface area contributed by atoms with Crippen LogP contribution in [0.4, 0.5) is 5.82 Å². The average molecular weight is 567 g/mol. The number of aliphatic hydroxyl groups is 1. The first kappa shape index (κ1) is 28.6. The summed E-state index contributed by atoms with van der Waals surface area (Å²) in [5.41, 5.74) is 1.41. The number of para-hydroxylation sites is 2. The van der Waals surface area contributed by atoms with E-state index in [0.29, 0.717) is 17.1 Å². The molecule has 0 saturated heterocycles. The van der Waals surface area contributed by atoms with Gasteiger partial charge in [-0.25, -0.2) is 9.97 Å². The van der Waals surface area contributed by atoms with Gasteiger partial charge >= 0.3 is 0 Å². The lowest BCUT2D eigenvalue weighted by molar-refractivity contribution is 0.192. The van der Waals surface area contributed by atoms with Crippen LogP contribution in [0.3, 0.4) is 0 Å². The quantitative estimate of drug-likeness (QED) is 0.249. The van der Waals surface area contributed by atoms with Crippen molar-refractivity contribution in [2.75, 3.05) is 32.2 Å². The van der Waals surface area contributed by atoms with Crippen molar-refractivity contribution in [1.82, 2.24) is 15.0 Å². The summed E-state index contributed by atoms with van der Waals surface area (Å²) in [4.78, 5) is 13.1. The first-order valence-corrected chi connectivity index (χ1v) is 13.8. The van der Waals surface area contributed by atoms with Crippen molar-refractivity contribution < 1.29 is 32.5 Å². The van der Waals surface area contributed by atoms with Crippen LogP contribution < -0.4 is 23.7 Å². The summed E-state index contributed by atoms with van der Waals surface area (Å²) in [7, 11) is -1.23. The lowest BCUT2D eigenvalue weighted by Gasteiger charge is -2.18. The van der Waals surface area contributed by atoms with Crippen LogP contribution in [-0.4, -0.2) is 55.9 Å². The van der Waals surface area contributed by atoms with E-state index in [2.05, 4.69) is 19.7 Å². The van der Waals surface area contributed by atoms with Gasteiger partial charge in [0.1, 0.15) is 12.4 Å². The van der Waals surface area contributed by atoms with Crippen molar-refractivity contribution in [3.8, 4) is 40.3 Å². The lowest BCUT2D eigenvalue weighted by Crippen LogP contribution is -2.17. The SMILES string of the molecule is COc1cccc(-c2nc(NS(=O)(=O)c3ccc(C(C)C)cn3)c(Oc3ccccc3OC)c(OCCO)n2)c1. The third-order valence-electron chi connectivity index (χ3n) is 5.71. The molecule has 11 nitrogen and oxygen atoms in total. The van der Waals surface area contributed by atoms with Crippen LogP contribution >= 0.6 is 0 Å². The molecule has 0 amide bonds. The molecule has 0 atom stereocenters. The maximum Gasteiger partial charge on any atom is 0.280 e. The zero-order chi connectivity index (χ0) is 28.7. The Kier molecular flexibility index (Phi) is 9.02. The minimum absolute atomic E-state index is 0.103. The number of methoxy groups -OCH3 is 2. The lowest BCUT2D eigenvalue weighted by atomic mass is 10.1. The second-order valence-corrected chi connectivity index (χ2v) is 10.4. The first-order valence-electron chi connectivity index (χ1n) is 12.4. The zero-order valence-electron chi connectivity index (χ0n) is 22.5. The highest BCUT2D eigenvalue weighted by atomic mass is 32.2. The fourth-order valence-electron chi connectivity index (χ4n) is 3.61. The summed E-state index contributed by atoms with van der Waals surface area (Å²) in [6, 6.07) is 16.8. The van der Waals surface area contributed by atoms with E-state index >= 15 is 0 Å². The summed E-state index contributed by atoms with van der Waals surface area (Å²) in [5, 5.41) is 9.24. The number of ether oxygens (including phenoxy) is 4. The number of nitrogens with one attached hydrogen (secondary N) is 1. The van der Waals surface area contributed by atoms with Gasteiger partial charge in [-0.2, -0.15) is 13.4 Å². The van der Waals surface area contributed by atoms with Crippen LogP contribution in [0.1, 0.15) is 25.3 Å². The number of anilines is 1. The molecule has 0 unspecified atom stereocenters. The van der Waals surface area contributed by atoms with Gasteiger partial charge in [-0.1, -0.05) is 44.2 Å². The minimum Gasteiger partial charge on any atom is -0.497 e. The van der Waals surface area contributed by atoms with Crippen LogP contribution in [0.15, 0.2) is 71.9 Å². The standard InChI is InChI=1S/C28H30N4O7S/c1-18(2)20-12-13-24(29-17-20)40(34,35)32-27-25(39-23-11-6-5-10-22(23)37-4)28(38-15-14-33)31-26(30-27)19-8-7-9-21(16-19)36-3/h5-13,16-18,33H,14-15H2,1-4H3,(H,30,31,32). The van der Waals surface area contributed by atoms with Gasteiger partial charge in [0.05, 0.1) is 20.8 Å². The monoisotopic (exact) mass is 566 g/mol. The molecule has 2 aromatic heterocycles. The van der Waals surface area contributed by atoms with E-state index in [-0.39, 0.29) is 53.2 Å². The van der Waals surface area contributed by atoms with Crippen molar-refractivity contribution in [2.24, 2.45) is 0 Å². The molecular weight excluding hydrogens is 536 g/mol. The summed E-state index contributed by atoms with van der Waals surface area (Å²) < 4.78 is 51.9. The number of hydrogen-bond acceptors (Lipinski definition) is 10. The molecule has 12 heteroatoms. The van der Waals surface area contributed by atoms with Gasteiger partial charge in [-0.15, -0.1) is 0 Å². The van der Waals surface area contributed by atoms with E-state index in [0.717, 1.165) is 5.56 Å². The van der Waals surface area contributed by atoms with Gasteiger partial charge < -0.3 is 24.1 Å². The second-order valence-electron chi connectivity index (χ2n) is 8.78. The Labute approximate surface area is 232 Å². The molecule has 0 aliphatic carbocycles. The number of rotatable bonds is 12. The van der Waals surface area contributed by atoms with Crippen molar-refractivity contribution in [3.05, 3.63) is 72.4 Å². The highest BCUT2D eigenvalue weighted by Gasteiger charge is 2.26. The molecule has 2 N–H and O–H groups in total. The molecule has 40 heavy (non-hydrogen) atoms. The van der Waals surface area contributed by atoms with Crippen LogP contribution in [-0.2, 0) is 10.0 Å². The van der Waals surface area contributed by atoms with Gasteiger partial charge in [0, 0.05) is 11.8 Å².